The molecule has 0 radical (unpaired) electrons. The molecule has 0 aliphatic carbocycles. The Bertz CT molecular complexity index is 521. The van der Waals surface area contributed by atoms with Crippen molar-refractivity contribution in [1.82, 2.24) is 0 Å². The lowest BCUT2D eigenvalue weighted by Gasteiger charge is -2.00. The number of aromatic hydroxyl groups is 1. The third-order valence-corrected chi connectivity index (χ3v) is 3.17. The van der Waals surface area contributed by atoms with Gasteiger partial charge in [0.05, 0.1) is 10.3 Å². The number of rotatable bonds is 1. The van der Waals surface area contributed by atoms with E-state index in [9.17, 15) is 15.2 Å². The van der Waals surface area contributed by atoms with E-state index in [1.54, 1.807) is 11.4 Å². The molecule has 0 aliphatic heterocycles. The zero-order chi connectivity index (χ0) is 10.3. The number of thiol groups is 1. The Hall–Kier alpha value is -1.27. The standard InChI is InChI=1S/C8H5NO3S2/c10-5-3-6-4(1-2-14-6)7(8(5)13)9(11)12/h1-3,10,13H. The second kappa shape index (κ2) is 3.14. The zero-order valence-electron chi connectivity index (χ0n) is 6.80. The van der Waals surface area contributed by atoms with Crippen molar-refractivity contribution in [2.75, 3.05) is 0 Å². The van der Waals surface area contributed by atoms with E-state index in [1.807, 2.05) is 0 Å². The summed E-state index contributed by atoms with van der Waals surface area (Å²) in [4.78, 5) is 10.2. The Labute approximate surface area is 88.4 Å². The maximum Gasteiger partial charge on any atom is 0.294 e. The second-order valence-corrected chi connectivity index (χ2v) is 4.08. The van der Waals surface area contributed by atoms with Crippen LogP contribution in [0.5, 0.6) is 5.75 Å². The van der Waals surface area contributed by atoms with Gasteiger partial charge in [-0.3, -0.25) is 10.1 Å². The number of phenols is 1. The van der Waals surface area contributed by atoms with Crippen LogP contribution >= 0.6 is 24.0 Å². The molecule has 6 heteroatoms. The summed E-state index contributed by atoms with van der Waals surface area (Å²) in [6.07, 6.45) is 0. The van der Waals surface area contributed by atoms with Crippen molar-refractivity contribution < 1.29 is 10.0 Å². The van der Waals surface area contributed by atoms with Gasteiger partial charge in [-0.15, -0.1) is 24.0 Å². The summed E-state index contributed by atoms with van der Waals surface area (Å²) < 4.78 is 0.687. The number of nitro benzene ring substituents is 1. The molecule has 2 aromatic rings. The summed E-state index contributed by atoms with van der Waals surface area (Å²) in [6.45, 7) is 0. The first-order chi connectivity index (χ1) is 6.61. The zero-order valence-corrected chi connectivity index (χ0v) is 8.51. The third kappa shape index (κ3) is 1.23. The summed E-state index contributed by atoms with van der Waals surface area (Å²) in [5.41, 5.74) is -0.135. The van der Waals surface area contributed by atoms with Crippen LogP contribution in [-0.4, -0.2) is 10.0 Å². The van der Waals surface area contributed by atoms with Gasteiger partial charge in [-0.1, -0.05) is 0 Å². The van der Waals surface area contributed by atoms with E-state index in [1.165, 1.54) is 17.4 Å². The Morgan fingerprint density at radius 2 is 2.29 bits per heavy atom. The third-order valence-electron chi connectivity index (χ3n) is 1.87. The molecule has 0 aliphatic rings. The first kappa shape index (κ1) is 9.29. The predicted molar refractivity (Wildman–Crippen MR) is 57.4 cm³/mol. The van der Waals surface area contributed by atoms with Crippen LogP contribution in [0.2, 0.25) is 0 Å². The molecule has 0 unspecified atom stereocenters. The van der Waals surface area contributed by atoms with E-state index < -0.39 is 4.92 Å². The van der Waals surface area contributed by atoms with Gasteiger partial charge in [-0.2, -0.15) is 0 Å². The van der Waals surface area contributed by atoms with Crippen molar-refractivity contribution >= 4 is 39.7 Å². The van der Waals surface area contributed by atoms with Crippen LogP contribution < -0.4 is 0 Å². The maximum atomic E-state index is 10.7. The van der Waals surface area contributed by atoms with E-state index in [0.717, 1.165) is 0 Å². The fraction of sp³-hybridized carbons (Fsp3) is 0. The highest BCUT2D eigenvalue weighted by molar-refractivity contribution is 7.80. The van der Waals surface area contributed by atoms with Gasteiger partial charge in [0.15, 0.2) is 0 Å². The van der Waals surface area contributed by atoms with Crippen molar-refractivity contribution in [2.45, 2.75) is 4.90 Å². The van der Waals surface area contributed by atoms with Crippen LogP contribution in [0.1, 0.15) is 0 Å². The number of hydrogen-bond acceptors (Lipinski definition) is 5. The molecule has 72 valence electrons. The number of hydrogen-bond donors (Lipinski definition) is 2. The van der Waals surface area contributed by atoms with Gasteiger partial charge in [-0.25, -0.2) is 0 Å². The molecule has 4 nitrogen and oxygen atoms in total. The van der Waals surface area contributed by atoms with Gasteiger partial charge in [-0.05, 0) is 17.5 Å². The quantitative estimate of drug-likeness (QED) is 0.447. The highest BCUT2D eigenvalue weighted by Gasteiger charge is 2.20. The van der Waals surface area contributed by atoms with Crippen LogP contribution in [0.15, 0.2) is 22.4 Å². The highest BCUT2D eigenvalue weighted by Crippen LogP contribution is 2.40. The Morgan fingerprint density at radius 1 is 1.57 bits per heavy atom. The lowest BCUT2D eigenvalue weighted by atomic mass is 10.2. The largest absolute Gasteiger partial charge is 0.506 e. The minimum absolute atomic E-state index is 0.0147. The average Bonchev–Trinajstić information content (AvgIpc) is 2.52. The number of nitro groups is 1. The maximum absolute atomic E-state index is 10.7. The SMILES string of the molecule is O=[N+]([O-])c1c(S)c(O)cc2sccc12. The fourth-order valence-electron chi connectivity index (χ4n) is 1.25. The molecular weight excluding hydrogens is 222 g/mol. The first-order valence-electron chi connectivity index (χ1n) is 3.68. The van der Waals surface area contributed by atoms with Crippen LogP contribution in [0.3, 0.4) is 0 Å². The summed E-state index contributed by atoms with van der Waals surface area (Å²) >= 11 is 5.26. The van der Waals surface area contributed by atoms with E-state index in [0.29, 0.717) is 10.1 Å². The fourth-order valence-corrected chi connectivity index (χ4v) is 2.34. The van der Waals surface area contributed by atoms with Crippen molar-refractivity contribution in [3.05, 3.63) is 27.6 Å². The molecule has 14 heavy (non-hydrogen) atoms. The topological polar surface area (TPSA) is 63.4 Å². The molecule has 1 N–H and O–H groups in total. The lowest BCUT2D eigenvalue weighted by Crippen LogP contribution is -1.90. The van der Waals surface area contributed by atoms with Crippen molar-refractivity contribution in [3.8, 4) is 5.75 Å². The molecule has 1 aromatic carbocycles. The summed E-state index contributed by atoms with van der Waals surface area (Å²) in [6, 6.07) is 3.13. The van der Waals surface area contributed by atoms with Gasteiger partial charge in [0, 0.05) is 4.70 Å². The van der Waals surface area contributed by atoms with Gasteiger partial charge >= 0.3 is 0 Å². The Morgan fingerprint density at radius 3 is 2.93 bits per heavy atom. The monoisotopic (exact) mass is 227 g/mol. The molecule has 0 bridgehead atoms. The number of thiophene rings is 1. The van der Waals surface area contributed by atoms with Gasteiger partial charge < -0.3 is 5.11 Å². The summed E-state index contributed by atoms with van der Waals surface area (Å²) in [5.74, 6) is -0.157. The number of phenolic OH excluding ortho intramolecular Hbond substituents is 1. The molecule has 0 fully saturated rings. The van der Waals surface area contributed by atoms with E-state index in [4.69, 9.17) is 0 Å². The highest BCUT2D eigenvalue weighted by atomic mass is 32.1. The lowest BCUT2D eigenvalue weighted by molar-refractivity contribution is -0.385. The van der Waals surface area contributed by atoms with Crippen LogP contribution in [0.4, 0.5) is 5.69 Å². The minimum atomic E-state index is -0.531. The molecule has 0 atom stereocenters. The molecule has 1 aromatic heterocycles. The Balaban J connectivity index is 2.93. The van der Waals surface area contributed by atoms with E-state index in [-0.39, 0.29) is 16.3 Å². The Kier molecular flexibility index (Phi) is 2.09. The predicted octanol–water partition coefficient (Wildman–Crippen LogP) is 2.80. The van der Waals surface area contributed by atoms with Crippen molar-refractivity contribution in [3.63, 3.8) is 0 Å². The smallest absolute Gasteiger partial charge is 0.294 e. The number of fused-ring (bicyclic) bond motifs is 1. The van der Waals surface area contributed by atoms with Gasteiger partial charge in [0.25, 0.3) is 5.69 Å². The van der Waals surface area contributed by atoms with Gasteiger partial charge in [0.1, 0.15) is 10.6 Å². The van der Waals surface area contributed by atoms with E-state index in [2.05, 4.69) is 12.6 Å². The molecule has 2 rings (SSSR count). The average molecular weight is 227 g/mol. The van der Waals surface area contributed by atoms with Crippen molar-refractivity contribution in [1.29, 1.82) is 0 Å². The molecule has 0 saturated heterocycles. The molecule has 0 saturated carbocycles. The second-order valence-electron chi connectivity index (χ2n) is 2.68. The summed E-state index contributed by atoms with van der Waals surface area (Å²) in [7, 11) is 0. The van der Waals surface area contributed by atoms with E-state index >= 15 is 0 Å². The van der Waals surface area contributed by atoms with Crippen LogP contribution in [0.25, 0.3) is 10.1 Å². The first-order valence-corrected chi connectivity index (χ1v) is 5.00. The van der Waals surface area contributed by atoms with Gasteiger partial charge in [0.2, 0.25) is 0 Å². The number of benzene rings is 1. The minimum Gasteiger partial charge on any atom is -0.506 e. The van der Waals surface area contributed by atoms with Crippen LogP contribution in [0, 0.1) is 10.1 Å². The molecular formula is C8H5NO3S2. The molecule has 0 spiro atoms. The normalized spacial score (nSPS) is 10.6. The van der Waals surface area contributed by atoms with Crippen LogP contribution in [-0.2, 0) is 0 Å². The summed E-state index contributed by atoms with van der Waals surface area (Å²) in [5, 5.41) is 22.4. The van der Waals surface area contributed by atoms with Crippen molar-refractivity contribution in [2.24, 2.45) is 0 Å². The number of nitrogens with zero attached hydrogens (tertiary/aromatic N) is 1. The molecule has 0 amide bonds. The molecule has 1 heterocycles.